The average molecular weight is 296 g/mol. The first-order valence-electron chi connectivity index (χ1n) is 4.74. The molecule has 1 unspecified atom stereocenters. The maximum Gasteiger partial charge on any atom is 0.0450 e. The molecule has 0 aliphatic rings. The Morgan fingerprint density at radius 2 is 2.07 bits per heavy atom. The first kappa shape index (κ1) is 12.4. The van der Waals surface area contributed by atoms with Crippen LogP contribution in [0.3, 0.4) is 0 Å². The van der Waals surface area contributed by atoms with E-state index in [9.17, 15) is 0 Å². The summed E-state index contributed by atoms with van der Waals surface area (Å²) in [4.78, 5) is 0.314. The van der Waals surface area contributed by atoms with E-state index in [1.165, 1.54) is 12.8 Å². The van der Waals surface area contributed by atoms with Crippen LogP contribution in [0.5, 0.6) is 0 Å². The fraction of sp³-hybridized carbons (Fsp3) is 0.455. The molecule has 1 aromatic carbocycles. The van der Waals surface area contributed by atoms with Gasteiger partial charge in [-0.15, -0.1) is 0 Å². The average Bonchev–Trinajstić information content (AvgIpc) is 2.18. The number of unbranched alkanes of at least 4 members (excludes halogenated alkanes) is 1. The van der Waals surface area contributed by atoms with Crippen molar-refractivity contribution in [3.8, 4) is 0 Å². The lowest BCUT2D eigenvalue weighted by molar-refractivity contribution is 0.713. The minimum Gasteiger partial charge on any atom is -0.0843 e. The van der Waals surface area contributed by atoms with Crippen LogP contribution in [-0.4, -0.2) is 0 Å². The summed E-state index contributed by atoms with van der Waals surface area (Å²) in [5.74, 6) is 0. The van der Waals surface area contributed by atoms with E-state index in [-0.39, 0.29) is 0 Å². The van der Waals surface area contributed by atoms with Gasteiger partial charge in [0, 0.05) is 14.9 Å². The SMILES string of the molecule is CCCCC(Br)c1cc(Cl)ccc1Cl. The number of alkyl halides is 1. The van der Waals surface area contributed by atoms with Crippen molar-refractivity contribution in [3.05, 3.63) is 33.8 Å². The Morgan fingerprint density at radius 3 is 2.71 bits per heavy atom. The molecule has 0 nitrogen and oxygen atoms in total. The predicted octanol–water partition coefficient (Wildman–Crippen LogP) is 5.62. The number of rotatable bonds is 4. The van der Waals surface area contributed by atoms with Gasteiger partial charge >= 0.3 is 0 Å². The van der Waals surface area contributed by atoms with Crippen LogP contribution in [0.4, 0.5) is 0 Å². The summed E-state index contributed by atoms with van der Waals surface area (Å²) in [7, 11) is 0. The summed E-state index contributed by atoms with van der Waals surface area (Å²) < 4.78 is 0. The number of hydrogen-bond donors (Lipinski definition) is 0. The molecule has 0 aromatic heterocycles. The lowest BCUT2D eigenvalue weighted by Crippen LogP contribution is -1.91. The molecule has 1 rings (SSSR count). The highest BCUT2D eigenvalue weighted by atomic mass is 79.9. The molecule has 0 saturated carbocycles. The van der Waals surface area contributed by atoms with Crippen LogP contribution < -0.4 is 0 Å². The van der Waals surface area contributed by atoms with E-state index in [2.05, 4.69) is 22.9 Å². The van der Waals surface area contributed by atoms with Crippen LogP contribution >= 0.6 is 39.1 Å². The van der Waals surface area contributed by atoms with Gasteiger partial charge < -0.3 is 0 Å². The third-order valence-electron chi connectivity index (χ3n) is 2.11. The fourth-order valence-electron chi connectivity index (χ4n) is 1.29. The molecule has 14 heavy (non-hydrogen) atoms. The van der Waals surface area contributed by atoms with Crippen molar-refractivity contribution in [2.45, 2.75) is 31.0 Å². The van der Waals surface area contributed by atoms with E-state index in [0.29, 0.717) is 4.83 Å². The summed E-state index contributed by atoms with van der Waals surface area (Å²) in [6, 6.07) is 5.59. The molecule has 0 aliphatic carbocycles. The second-order valence-corrected chi connectivity index (χ2v) is 5.22. The molecule has 78 valence electrons. The third-order valence-corrected chi connectivity index (χ3v) is 3.64. The van der Waals surface area contributed by atoms with Gasteiger partial charge in [-0.1, -0.05) is 58.9 Å². The van der Waals surface area contributed by atoms with Crippen molar-refractivity contribution in [3.63, 3.8) is 0 Å². The smallest absolute Gasteiger partial charge is 0.0450 e. The van der Waals surface area contributed by atoms with Crippen LogP contribution in [0, 0.1) is 0 Å². The third kappa shape index (κ3) is 3.45. The second kappa shape index (κ2) is 5.99. The van der Waals surface area contributed by atoms with E-state index in [0.717, 1.165) is 22.0 Å². The standard InChI is InChI=1S/C11H13BrCl2/c1-2-3-4-10(12)9-7-8(13)5-6-11(9)14/h5-7,10H,2-4H2,1H3. The zero-order chi connectivity index (χ0) is 10.6. The van der Waals surface area contributed by atoms with Gasteiger partial charge in [0.15, 0.2) is 0 Å². The zero-order valence-electron chi connectivity index (χ0n) is 8.06. The number of hydrogen-bond acceptors (Lipinski definition) is 0. The van der Waals surface area contributed by atoms with Gasteiger partial charge in [0.1, 0.15) is 0 Å². The highest BCUT2D eigenvalue weighted by Crippen LogP contribution is 2.34. The molecule has 0 heterocycles. The van der Waals surface area contributed by atoms with Crippen molar-refractivity contribution in [1.29, 1.82) is 0 Å². The molecule has 0 amide bonds. The topological polar surface area (TPSA) is 0 Å². The largest absolute Gasteiger partial charge is 0.0843 e. The van der Waals surface area contributed by atoms with Crippen molar-refractivity contribution in [1.82, 2.24) is 0 Å². The molecule has 0 fully saturated rings. The van der Waals surface area contributed by atoms with Gasteiger partial charge in [-0.05, 0) is 30.2 Å². The van der Waals surface area contributed by atoms with Crippen molar-refractivity contribution < 1.29 is 0 Å². The van der Waals surface area contributed by atoms with E-state index in [4.69, 9.17) is 23.2 Å². The summed E-state index contributed by atoms with van der Waals surface area (Å²) in [5.41, 5.74) is 1.09. The Kier molecular flexibility index (Phi) is 5.29. The summed E-state index contributed by atoms with van der Waals surface area (Å²) in [5, 5.41) is 1.53. The molecule has 0 radical (unpaired) electrons. The molecule has 0 aliphatic heterocycles. The first-order valence-corrected chi connectivity index (χ1v) is 6.41. The second-order valence-electron chi connectivity index (χ2n) is 3.28. The summed E-state index contributed by atoms with van der Waals surface area (Å²) in [6.45, 7) is 2.18. The zero-order valence-corrected chi connectivity index (χ0v) is 11.2. The maximum absolute atomic E-state index is 6.08. The summed E-state index contributed by atoms with van der Waals surface area (Å²) >= 11 is 15.6. The van der Waals surface area contributed by atoms with Crippen LogP contribution in [0.25, 0.3) is 0 Å². The Hall–Kier alpha value is 0.280. The molecule has 3 heteroatoms. The number of benzene rings is 1. The summed E-state index contributed by atoms with van der Waals surface area (Å²) in [6.07, 6.45) is 3.48. The Morgan fingerprint density at radius 1 is 1.36 bits per heavy atom. The highest BCUT2D eigenvalue weighted by Gasteiger charge is 2.11. The predicted molar refractivity (Wildman–Crippen MR) is 67.7 cm³/mol. The van der Waals surface area contributed by atoms with Crippen molar-refractivity contribution >= 4 is 39.1 Å². The van der Waals surface area contributed by atoms with Gasteiger partial charge in [0.2, 0.25) is 0 Å². The first-order chi connectivity index (χ1) is 6.65. The van der Waals surface area contributed by atoms with Gasteiger partial charge in [-0.2, -0.15) is 0 Å². The van der Waals surface area contributed by atoms with Crippen molar-refractivity contribution in [2.75, 3.05) is 0 Å². The Labute approximate surface area is 104 Å². The molecule has 1 atom stereocenters. The van der Waals surface area contributed by atoms with Crippen LogP contribution in [-0.2, 0) is 0 Å². The van der Waals surface area contributed by atoms with E-state index < -0.39 is 0 Å². The van der Waals surface area contributed by atoms with Crippen LogP contribution in [0.15, 0.2) is 18.2 Å². The van der Waals surface area contributed by atoms with E-state index >= 15 is 0 Å². The van der Waals surface area contributed by atoms with Gasteiger partial charge in [-0.3, -0.25) is 0 Å². The van der Waals surface area contributed by atoms with Crippen molar-refractivity contribution in [2.24, 2.45) is 0 Å². The van der Waals surface area contributed by atoms with Crippen LogP contribution in [0.2, 0.25) is 10.0 Å². The molecular weight excluding hydrogens is 283 g/mol. The Bertz CT molecular complexity index is 299. The molecule has 0 N–H and O–H groups in total. The molecule has 1 aromatic rings. The normalized spacial score (nSPS) is 12.9. The fourth-order valence-corrected chi connectivity index (χ4v) is 2.56. The van der Waals surface area contributed by atoms with Crippen LogP contribution in [0.1, 0.15) is 36.6 Å². The Balaban J connectivity index is 2.77. The monoisotopic (exact) mass is 294 g/mol. The highest BCUT2D eigenvalue weighted by molar-refractivity contribution is 9.09. The van der Waals surface area contributed by atoms with E-state index in [1.54, 1.807) is 0 Å². The minimum absolute atomic E-state index is 0.314. The lowest BCUT2D eigenvalue weighted by atomic mass is 10.1. The number of halogens is 3. The minimum atomic E-state index is 0.314. The quantitative estimate of drug-likeness (QED) is 0.632. The van der Waals surface area contributed by atoms with Gasteiger partial charge in [0.05, 0.1) is 0 Å². The molecule has 0 bridgehead atoms. The van der Waals surface area contributed by atoms with E-state index in [1.807, 2.05) is 18.2 Å². The molecule has 0 spiro atoms. The van der Waals surface area contributed by atoms with Gasteiger partial charge in [0.25, 0.3) is 0 Å². The maximum atomic E-state index is 6.08. The molecular formula is C11H13BrCl2. The lowest BCUT2D eigenvalue weighted by Gasteiger charge is -2.11. The van der Waals surface area contributed by atoms with Gasteiger partial charge in [-0.25, -0.2) is 0 Å². The molecule has 0 saturated heterocycles.